The molecule has 0 aliphatic carbocycles. The van der Waals surface area contributed by atoms with E-state index in [-0.39, 0.29) is 40.0 Å². The summed E-state index contributed by atoms with van der Waals surface area (Å²) in [7, 11) is 0. The number of imide groups is 1. The number of aromatic hydroxyl groups is 1. The molecule has 0 spiro atoms. The number of carboxylic acids is 1. The fraction of sp³-hybridized carbons (Fsp3) is 0.120. The average molecular weight is 550 g/mol. The Hall–Kier alpha value is -4.42. The van der Waals surface area contributed by atoms with Crippen molar-refractivity contribution in [1.82, 2.24) is 15.8 Å². The Morgan fingerprint density at radius 2 is 1.58 bits per heavy atom. The van der Waals surface area contributed by atoms with E-state index in [1.807, 2.05) is 0 Å². The van der Waals surface area contributed by atoms with Crippen LogP contribution in [0, 0.1) is 17.5 Å². The molecule has 198 valence electrons. The lowest BCUT2D eigenvalue weighted by molar-refractivity contribution is -0.139. The largest absolute Gasteiger partial charge is 0.508 e. The van der Waals surface area contributed by atoms with Crippen LogP contribution < -0.4 is 10.7 Å². The van der Waals surface area contributed by atoms with E-state index in [1.165, 1.54) is 18.2 Å². The number of halogens is 4. The Kier molecular flexibility index (Phi) is 8.71. The van der Waals surface area contributed by atoms with E-state index in [0.29, 0.717) is 5.56 Å². The first kappa shape index (κ1) is 28.2. The van der Waals surface area contributed by atoms with E-state index >= 15 is 0 Å². The van der Waals surface area contributed by atoms with Crippen molar-refractivity contribution in [2.45, 2.75) is 19.5 Å². The molecular weight excluding hydrogens is 531 g/mol. The van der Waals surface area contributed by atoms with E-state index in [0.717, 1.165) is 19.1 Å². The molecule has 0 radical (unpaired) electrons. The lowest BCUT2D eigenvalue weighted by Crippen LogP contribution is -2.53. The Morgan fingerprint density at radius 1 is 0.921 bits per heavy atom. The summed E-state index contributed by atoms with van der Waals surface area (Å²) in [5.74, 6) is -9.52. The second-order valence-corrected chi connectivity index (χ2v) is 8.34. The van der Waals surface area contributed by atoms with E-state index in [4.69, 9.17) is 11.6 Å². The van der Waals surface area contributed by atoms with Crippen LogP contribution in [0.4, 0.5) is 13.2 Å². The molecule has 0 aliphatic rings. The number of carbonyl (C=O) groups excluding carboxylic acids is 3. The van der Waals surface area contributed by atoms with Crippen LogP contribution in [-0.2, 0) is 11.3 Å². The van der Waals surface area contributed by atoms with Crippen LogP contribution >= 0.6 is 11.6 Å². The third kappa shape index (κ3) is 6.47. The molecule has 0 aromatic heterocycles. The quantitative estimate of drug-likeness (QED) is 0.191. The molecule has 9 nitrogen and oxygen atoms in total. The van der Waals surface area contributed by atoms with Gasteiger partial charge in [0.2, 0.25) is 0 Å². The van der Waals surface area contributed by atoms with Crippen molar-refractivity contribution in [2.75, 3.05) is 0 Å². The molecule has 38 heavy (non-hydrogen) atoms. The molecule has 13 heteroatoms. The summed E-state index contributed by atoms with van der Waals surface area (Å²) in [5.41, 5.74) is 1.25. The average Bonchev–Trinajstić information content (AvgIpc) is 2.87. The lowest BCUT2D eigenvalue weighted by atomic mass is 10.1. The molecule has 0 saturated heterocycles. The Bertz CT molecular complexity index is 1440. The van der Waals surface area contributed by atoms with Gasteiger partial charge < -0.3 is 15.5 Å². The second kappa shape index (κ2) is 11.8. The van der Waals surface area contributed by atoms with Crippen LogP contribution in [-0.4, -0.2) is 45.0 Å². The predicted octanol–water partition coefficient (Wildman–Crippen LogP) is 3.65. The first-order valence-corrected chi connectivity index (χ1v) is 11.1. The number of phenols is 1. The van der Waals surface area contributed by atoms with Crippen molar-refractivity contribution in [3.8, 4) is 5.75 Å². The van der Waals surface area contributed by atoms with E-state index in [1.54, 1.807) is 12.1 Å². The first-order chi connectivity index (χ1) is 17.9. The maximum atomic E-state index is 14.2. The molecule has 3 aromatic rings. The third-order valence-corrected chi connectivity index (χ3v) is 5.48. The van der Waals surface area contributed by atoms with Crippen molar-refractivity contribution >= 4 is 35.3 Å². The van der Waals surface area contributed by atoms with Crippen LogP contribution in [0.25, 0.3) is 0 Å². The van der Waals surface area contributed by atoms with Gasteiger partial charge in [-0.2, -0.15) is 0 Å². The second-order valence-electron chi connectivity index (χ2n) is 7.93. The van der Waals surface area contributed by atoms with Crippen LogP contribution in [0.2, 0.25) is 5.02 Å². The molecule has 3 amide bonds. The predicted molar refractivity (Wildman–Crippen MR) is 128 cm³/mol. The van der Waals surface area contributed by atoms with Crippen LogP contribution in [0.15, 0.2) is 54.6 Å². The van der Waals surface area contributed by atoms with Gasteiger partial charge in [-0.15, -0.1) is 0 Å². The van der Waals surface area contributed by atoms with Gasteiger partial charge in [0.1, 0.15) is 17.6 Å². The number of benzene rings is 3. The summed E-state index contributed by atoms with van der Waals surface area (Å²) >= 11 is 6.18. The van der Waals surface area contributed by atoms with Gasteiger partial charge in [0, 0.05) is 18.2 Å². The van der Waals surface area contributed by atoms with Gasteiger partial charge in [0.15, 0.2) is 11.6 Å². The van der Waals surface area contributed by atoms with Crippen LogP contribution in [0.5, 0.6) is 5.75 Å². The fourth-order valence-electron chi connectivity index (χ4n) is 3.17. The van der Waals surface area contributed by atoms with E-state index in [9.17, 15) is 42.6 Å². The van der Waals surface area contributed by atoms with Gasteiger partial charge in [0.05, 0.1) is 16.1 Å². The normalized spacial score (nSPS) is 11.5. The van der Waals surface area contributed by atoms with Crippen molar-refractivity contribution in [3.63, 3.8) is 0 Å². The van der Waals surface area contributed by atoms with Crippen LogP contribution in [0.3, 0.4) is 0 Å². The number of carboxylic acid groups (broad SMARTS) is 1. The van der Waals surface area contributed by atoms with Gasteiger partial charge in [-0.3, -0.25) is 19.2 Å². The molecule has 0 fully saturated rings. The molecule has 1 atom stereocenters. The number of hydrazine groups is 1. The van der Waals surface area contributed by atoms with Gasteiger partial charge in [-0.05, 0) is 48.9 Å². The summed E-state index contributed by atoms with van der Waals surface area (Å²) in [6, 6.07) is 8.30. The minimum absolute atomic E-state index is 0.0100. The van der Waals surface area contributed by atoms with Crippen LogP contribution in [0.1, 0.15) is 43.6 Å². The fourth-order valence-corrected chi connectivity index (χ4v) is 3.43. The minimum atomic E-state index is -1.58. The molecule has 3 rings (SSSR count). The number of phenolic OH excluding ortho intramolecular Hbond substituents is 1. The maximum absolute atomic E-state index is 14.2. The molecule has 3 aromatic carbocycles. The summed E-state index contributed by atoms with van der Waals surface area (Å²) in [6.07, 6.45) is 0. The zero-order valence-corrected chi connectivity index (χ0v) is 20.2. The van der Waals surface area contributed by atoms with E-state index < -0.39 is 58.3 Å². The highest BCUT2D eigenvalue weighted by molar-refractivity contribution is 6.34. The molecule has 0 heterocycles. The van der Waals surface area contributed by atoms with Crippen molar-refractivity contribution in [1.29, 1.82) is 0 Å². The molecule has 0 bridgehead atoms. The Balaban J connectivity index is 1.88. The number of aliphatic carboxylic acids is 1. The highest BCUT2D eigenvalue weighted by Crippen LogP contribution is 2.22. The van der Waals surface area contributed by atoms with E-state index in [2.05, 4.69) is 10.7 Å². The summed E-state index contributed by atoms with van der Waals surface area (Å²) < 4.78 is 41.3. The number of hydrogen-bond donors (Lipinski definition) is 4. The molecule has 0 saturated carbocycles. The molecule has 0 unspecified atom stereocenters. The molecule has 4 N–H and O–H groups in total. The van der Waals surface area contributed by atoms with Gasteiger partial charge in [-0.1, -0.05) is 23.7 Å². The van der Waals surface area contributed by atoms with Gasteiger partial charge >= 0.3 is 5.97 Å². The number of amides is 3. The number of rotatable bonds is 8. The highest BCUT2D eigenvalue weighted by Gasteiger charge is 2.31. The van der Waals surface area contributed by atoms with Crippen molar-refractivity contribution in [3.05, 3.63) is 99.3 Å². The maximum Gasteiger partial charge on any atom is 0.322 e. The molecular formula is C25H19ClF3N3O6. The SMILES string of the molecule is C[C@H](NN(C(=O)c1cc(F)c(F)cc1F)C(=O)c1ccc(C(=O)NCc2cccc(O)c2)cc1Cl)C(=O)O. The van der Waals surface area contributed by atoms with Crippen molar-refractivity contribution < 1.29 is 42.6 Å². The number of hydrogen-bond acceptors (Lipinski definition) is 6. The Labute approximate surface area is 218 Å². The summed E-state index contributed by atoms with van der Waals surface area (Å²) in [5, 5.41) is 21.1. The summed E-state index contributed by atoms with van der Waals surface area (Å²) in [4.78, 5) is 49.9. The minimum Gasteiger partial charge on any atom is -0.508 e. The number of carbonyl (C=O) groups is 4. The standard InChI is InChI=1S/C25H19ClF3N3O6/c1-12(25(37)38)31-32(24(36)17-9-20(28)21(29)10-19(17)27)23(35)16-6-5-14(8-18(16)26)22(34)30-11-13-3-2-4-15(33)7-13/h2-10,12,31,33H,11H2,1H3,(H,30,34)(H,37,38)/t12-/m0/s1. The van der Waals surface area contributed by atoms with Gasteiger partial charge in [0.25, 0.3) is 17.7 Å². The smallest absolute Gasteiger partial charge is 0.322 e. The topological polar surface area (TPSA) is 136 Å². The highest BCUT2D eigenvalue weighted by atomic mass is 35.5. The lowest BCUT2D eigenvalue weighted by Gasteiger charge is -2.24. The zero-order chi connectivity index (χ0) is 28.1. The first-order valence-electron chi connectivity index (χ1n) is 10.8. The number of nitrogens with zero attached hydrogens (tertiary/aromatic N) is 1. The molecule has 0 aliphatic heterocycles. The zero-order valence-electron chi connectivity index (χ0n) is 19.5. The number of nitrogens with one attached hydrogen (secondary N) is 2. The van der Waals surface area contributed by atoms with Crippen molar-refractivity contribution in [2.24, 2.45) is 0 Å². The monoisotopic (exact) mass is 549 g/mol. The Morgan fingerprint density at radius 3 is 2.21 bits per heavy atom. The third-order valence-electron chi connectivity index (χ3n) is 5.17. The van der Waals surface area contributed by atoms with Gasteiger partial charge in [-0.25, -0.2) is 23.6 Å². The summed E-state index contributed by atoms with van der Waals surface area (Å²) in [6.45, 7) is 1.13.